The van der Waals surface area contributed by atoms with E-state index in [-0.39, 0.29) is 30.3 Å². The van der Waals surface area contributed by atoms with Gasteiger partial charge in [0, 0.05) is 11.7 Å². The van der Waals surface area contributed by atoms with Gasteiger partial charge in [-0.1, -0.05) is 6.92 Å². The highest BCUT2D eigenvalue weighted by Crippen LogP contribution is 2.25. The van der Waals surface area contributed by atoms with Gasteiger partial charge < -0.3 is 10.1 Å². The van der Waals surface area contributed by atoms with Gasteiger partial charge in [-0.2, -0.15) is 5.10 Å². The number of hydrogen-bond donors (Lipinski definition) is 2. The Balaban J connectivity index is 1.84. The van der Waals surface area contributed by atoms with Crippen LogP contribution in [0.3, 0.4) is 0 Å². The number of ether oxygens (including phenoxy) is 1. The number of nitrogens with one attached hydrogen (secondary N) is 2. The molecule has 0 spiro atoms. The molecular formula is C15H23N3O3. The molecule has 0 saturated heterocycles. The summed E-state index contributed by atoms with van der Waals surface area (Å²) in [6.45, 7) is 7.41. The lowest BCUT2D eigenvalue weighted by Gasteiger charge is -2.16. The second-order valence-corrected chi connectivity index (χ2v) is 5.87. The summed E-state index contributed by atoms with van der Waals surface area (Å²) >= 11 is 0. The Kier molecular flexibility index (Phi) is 4.65. The first-order valence-electron chi connectivity index (χ1n) is 7.39. The summed E-state index contributed by atoms with van der Waals surface area (Å²) in [7, 11) is 0. The molecule has 1 aromatic rings. The molecule has 0 aliphatic heterocycles. The van der Waals surface area contributed by atoms with Gasteiger partial charge >= 0.3 is 5.97 Å². The molecule has 0 aromatic carbocycles. The molecule has 2 rings (SSSR count). The lowest BCUT2D eigenvalue weighted by atomic mass is 9.96. The van der Waals surface area contributed by atoms with Crippen LogP contribution in [0.5, 0.6) is 0 Å². The first-order chi connectivity index (χ1) is 9.88. The number of carbonyl (C=O) groups is 2. The molecule has 2 atom stereocenters. The Labute approximate surface area is 124 Å². The summed E-state index contributed by atoms with van der Waals surface area (Å²) in [5.74, 6) is -0.565. The molecule has 1 amide bonds. The van der Waals surface area contributed by atoms with Gasteiger partial charge in [0.15, 0.2) is 6.10 Å². The van der Waals surface area contributed by atoms with Crippen LogP contribution in [0.4, 0.5) is 0 Å². The van der Waals surface area contributed by atoms with Crippen LogP contribution in [0.1, 0.15) is 56.0 Å². The molecule has 1 saturated carbocycles. The largest absolute Gasteiger partial charge is 0.453 e. The SMILES string of the molecule is Cc1n[nH]c(C)c1[C@H](C)CC(=O)O[C@H](C)C(=O)NC1CC1. The minimum Gasteiger partial charge on any atom is -0.453 e. The van der Waals surface area contributed by atoms with E-state index in [1.165, 1.54) is 0 Å². The van der Waals surface area contributed by atoms with Crippen molar-refractivity contribution in [1.29, 1.82) is 0 Å². The van der Waals surface area contributed by atoms with Crippen LogP contribution in [-0.4, -0.2) is 34.2 Å². The second-order valence-electron chi connectivity index (χ2n) is 5.87. The highest BCUT2D eigenvalue weighted by Gasteiger charge is 2.27. The lowest BCUT2D eigenvalue weighted by Crippen LogP contribution is -2.37. The molecule has 6 nitrogen and oxygen atoms in total. The third-order valence-electron chi connectivity index (χ3n) is 3.75. The number of nitrogens with zero attached hydrogens (tertiary/aromatic N) is 1. The third-order valence-corrected chi connectivity index (χ3v) is 3.75. The number of amides is 1. The number of rotatable bonds is 6. The Hall–Kier alpha value is -1.85. The Bertz CT molecular complexity index is 515. The van der Waals surface area contributed by atoms with Crippen molar-refractivity contribution in [1.82, 2.24) is 15.5 Å². The van der Waals surface area contributed by atoms with Gasteiger partial charge in [0.25, 0.3) is 5.91 Å². The number of hydrogen-bond acceptors (Lipinski definition) is 4. The molecule has 2 N–H and O–H groups in total. The number of esters is 1. The van der Waals surface area contributed by atoms with E-state index in [1.54, 1.807) is 6.92 Å². The number of H-pyrrole nitrogens is 1. The van der Waals surface area contributed by atoms with Gasteiger partial charge in [0.05, 0.1) is 12.1 Å². The van der Waals surface area contributed by atoms with Crippen molar-refractivity contribution in [2.75, 3.05) is 0 Å². The molecular weight excluding hydrogens is 270 g/mol. The van der Waals surface area contributed by atoms with Crippen LogP contribution in [0, 0.1) is 13.8 Å². The summed E-state index contributed by atoms with van der Waals surface area (Å²) in [5.41, 5.74) is 2.90. The van der Waals surface area contributed by atoms with E-state index in [0.29, 0.717) is 0 Å². The summed E-state index contributed by atoms with van der Waals surface area (Å²) in [6, 6.07) is 0.272. The molecule has 1 aromatic heterocycles. The average molecular weight is 293 g/mol. The van der Waals surface area contributed by atoms with Crippen molar-refractivity contribution in [2.45, 2.75) is 65.0 Å². The van der Waals surface area contributed by atoms with Crippen molar-refractivity contribution in [3.63, 3.8) is 0 Å². The maximum Gasteiger partial charge on any atom is 0.307 e. The van der Waals surface area contributed by atoms with Gasteiger partial charge in [-0.05, 0) is 45.1 Å². The van der Waals surface area contributed by atoms with Crippen LogP contribution < -0.4 is 5.32 Å². The monoisotopic (exact) mass is 293 g/mol. The van der Waals surface area contributed by atoms with Crippen molar-refractivity contribution in [3.05, 3.63) is 17.0 Å². The average Bonchev–Trinajstić information content (AvgIpc) is 3.13. The Morgan fingerprint density at radius 2 is 2.05 bits per heavy atom. The van der Waals surface area contributed by atoms with Crippen LogP contribution in [-0.2, 0) is 14.3 Å². The minimum atomic E-state index is -0.739. The molecule has 1 heterocycles. The van der Waals surface area contributed by atoms with Crippen molar-refractivity contribution in [3.8, 4) is 0 Å². The summed E-state index contributed by atoms with van der Waals surface area (Å²) < 4.78 is 5.21. The maximum atomic E-state index is 12.0. The van der Waals surface area contributed by atoms with Crippen molar-refractivity contribution in [2.24, 2.45) is 0 Å². The van der Waals surface area contributed by atoms with E-state index in [4.69, 9.17) is 4.74 Å². The fourth-order valence-electron chi connectivity index (χ4n) is 2.48. The standard InChI is InChI=1S/C15H23N3O3/c1-8(14-9(2)17-18-10(14)3)7-13(19)21-11(4)15(20)16-12-5-6-12/h8,11-12H,5-7H2,1-4H3,(H,16,20)(H,17,18)/t8-,11-/m1/s1. The van der Waals surface area contributed by atoms with E-state index in [0.717, 1.165) is 29.8 Å². The van der Waals surface area contributed by atoms with Crippen molar-refractivity contribution < 1.29 is 14.3 Å². The van der Waals surface area contributed by atoms with E-state index >= 15 is 0 Å². The second kappa shape index (κ2) is 6.28. The molecule has 0 bridgehead atoms. The summed E-state index contributed by atoms with van der Waals surface area (Å²) in [6.07, 6.45) is 1.53. The zero-order valence-electron chi connectivity index (χ0n) is 13.0. The van der Waals surface area contributed by atoms with Gasteiger partial charge in [-0.15, -0.1) is 0 Å². The molecule has 1 fully saturated rings. The smallest absolute Gasteiger partial charge is 0.307 e. The van der Waals surface area contributed by atoms with E-state index in [9.17, 15) is 9.59 Å². The zero-order valence-corrected chi connectivity index (χ0v) is 13.0. The molecule has 0 unspecified atom stereocenters. The summed E-state index contributed by atoms with van der Waals surface area (Å²) in [5, 5.41) is 9.87. The summed E-state index contributed by atoms with van der Waals surface area (Å²) in [4.78, 5) is 23.7. The van der Waals surface area contributed by atoms with Crippen molar-refractivity contribution >= 4 is 11.9 Å². The zero-order chi connectivity index (χ0) is 15.6. The molecule has 6 heteroatoms. The van der Waals surface area contributed by atoms with Gasteiger partial charge in [0.2, 0.25) is 0 Å². The van der Waals surface area contributed by atoms with E-state index in [2.05, 4.69) is 15.5 Å². The van der Waals surface area contributed by atoms with Crippen LogP contribution in [0.2, 0.25) is 0 Å². The van der Waals surface area contributed by atoms with Crippen LogP contribution in [0.15, 0.2) is 0 Å². The molecule has 21 heavy (non-hydrogen) atoms. The lowest BCUT2D eigenvalue weighted by molar-refractivity contribution is -0.155. The quantitative estimate of drug-likeness (QED) is 0.782. The first kappa shape index (κ1) is 15.5. The highest BCUT2D eigenvalue weighted by atomic mass is 16.5. The third kappa shape index (κ3) is 4.06. The predicted molar refractivity (Wildman–Crippen MR) is 77.8 cm³/mol. The van der Waals surface area contributed by atoms with Gasteiger partial charge in [0.1, 0.15) is 0 Å². The molecule has 116 valence electrons. The Morgan fingerprint density at radius 3 is 2.57 bits per heavy atom. The normalized spacial score (nSPS) is 17.1. The van der Waals surface area contributed by atoms with E-state index in [1.807, 2.05) is 20.8 Å². The highest BCUT2D eigenvalue weighted by molar-refractivity contribution is 5.84. The topological polar surface area (TPSA) is 84.1 Å². The van der Waals surface area contributed by atoms with Crippen LogP contribution in [0.25, 0.3) is 0 Å². The molecule has 1 aliphatic carbocycles. The number of aromatic nitrogens is 2. The van der Waals surface area contributed by atoms with Crippen LogP contribution >= 0.6 is 0 Å². The number of aryl methyl sites for hydroxylation is 2. The minimum absolute atomic E-state index is 0.00921. The maximum absolute atomic E-state index is 12.0. The Morgan fingerprint density at radius 1 is 1.38 bits per heavy atom. The van der Waals surface area contributed by atoms with E-state index < -0.39 is 6.10 Å². The fourth-order valence-corrected chi connectivity index (χ4v) is 2.48. The van der Waals surface area contributed by atoms with Gasteiger partial charge in [-0.3, -0.25) is 14.7 Å². The fraction of sp³-hybridized carbons (Fsp3) is 0.667. The molecule has 0 radical (unpaired) electrons. The number of aromatic amines is 1. The predicted octanol–water partition coefficient (Wildman–Crippen LogP) is 1.73. The number of carbonyl (C=O) groups excluding carboxylic acids is 2. The molecule has 1 aliphatic rings. The van der Waals surface area contributed by atoms with Gasteiger partial charge in [-0.25, -0.2) is 0 Å². The first-order valence-corrected chi connectivity index (χ1v) is 7.39.